The van der Waals surface area contributed by atoms with E-state index in [2.05, 4.69) is 22.1 Å². The fourth-order valence-corrected chi connectivity index (χ4v) is 2.69. The molecule has 2 heterocycles. The molecule has 1 aliphatic rings. The highest BCUT2D eigenvalue weighted by molar-refractivity contribution is 7.11. The molecule has 1 unspecified atom stereocenters. The lowest BCUT2D eigenvalue weighted by Crippen LogP contribution is -2.48. The monoisotopic (exact) mass is 301 g/mol. The van der Waals surface area contributed by atoms with Crippen molar-refractivity contribution in [2.45, 2.75) is 25.7 Å². The largest absolute Gasteiger partial charge is 0.427 e. The van der Waals surface area contributed by atoms with E-state index in [1.807, 2.05) is 0 Å². The molecule has 18 heavy (non-hydrogen) atoms. The van der Waals surface area contributed by atoms with Crippen LogP contribution in [0.15, 0.2) is 6.20 Å². The van der Waals surface area contributed by atoms with Gasteiger partial charge in [0.2, 0.25) is 0 Å². The Balaban J connectivity index is 0.00000162. The number of alkyl halides is 3. The lowest BCUT2D eigenvalue weighted by atomic mass is 10.2. The lowest BCUT2D eigenvalue weighted by molar-refractivity contribution is -0.134. The van der Waals surface area contributed by atoms with Crippen LogP contribution in [0.2, 0.25) is 0 Å². The predicted octanol–water partition coefficient (Wildman–Crippen LogP) is 2.38. The maximum absolute atomic E-state index is 12.4. The van der Waals surface area contributed by atoms with Crippen molar-refractivity contribution < 1.29 is 13.2 Å². The first kappa shape index (κ1) is 15.7. The summed E-state index contributed by atoms with van der Waals surface area (Å²) in [5, 5.41) is 3.82. The zero-order chi connectivity index (χ0) is 12.5. The Morgan fingerprint density at radius 3 is 2.83 bits per heavy atom. The lowest BCUT2D eigenvalue weighted by Gasteiger charge is -2.31. The SMILES string of the molecule is CC1CN(Cc2ncc(C(F)(F)F)s2)CCN1.Cl. The number of aromatic nitrogens is 1. The summed E-state index contributed by atoms with van der Waals surface area (Å²) in [5.74, 6) is 0. The van der Waals surface area contributed by atoms with Crippen LogP contribution in [0.5, 0.6) is 0 Å². The molecule has 1 aliphatic heterocycles. The molecule has 0 amide bonds. The molecule has 1 atom stereocenters. The van der Waals surface area contributed by atoms with Crippen molar-refractivity contribution in [2.24, 2.45) is 0 Å². The normalized spacial score (nSPS) is 21.7. The number of halogens is 4. The highest BCUT2D eigenvalue weighted by Gasteiger charge is 2.33. The number of rotatable bonds is 2. The molecule has 0 bridgehead atoms. The minimum absolute atomic E-state index is 0. The van der Waals surface area contributed by atoms with Crippen LogP contribution in [0, 0.1) is 0 Å². The van der Waals surface area contributed by atoms with E-state index in [9.17, 15) is 13.2 Å². The van der Waals surface area contributed by atoms with Gasteiger partial charge >= 0.3 is 6.18 Å². The Kier molecular flexibility index (Phi) is 5.39. The zero-order valence-corrected chi connectivity index (χ0v) is 11.5. The molecule has 1 saturated heterocycles. The highest BCUT2D eigenvalue weighted by atomic mass is 35.5. The smallest absolute Gasteiger partial charge is 0.312 e. The standard InChI is InChI=1S/C10H14F3N3S.ClH/c1-7-5-16(3-2-14-7)6-9-15-4-8(17-9)10(11,12)13;/h4,7,14H,2-3,5-6H2,1H3;1H. The summed E-state index contributed by atoms with van der Waals surface area (Å²) in [6.45, 7) is 5.15. The van der Waals surface area contributed by atoms with E-state index in [4.69, 9.17) is 0 Å². The molecule has 1 aromatic rings. The Labute approximate surface area is 114 Å². The van der Waals surface area contributed by atoms with Gasteiger partial charge in [-0.2, -0.15) is 13.2 Å². The fourth-order valence-electron chi connectivity index (χ4n) is 1.86. The maximum Gasteiger partial charge on any atom is 0.427 e. The zero-order valence-electron chi connectivity index (χ0n) is 9.83. The van der Waals surface area contributed by atoms with Crippen molar-refractivity contribution in [1.82, 2.24) is 15.2 Å². The number of piperazine rings is 1. The predicted molar refractivity (Wildman–Crippen MR) is 67.1 cm³/mol. The molecule has 104 valence electrons. The van der Waals surface area contributed by atoms with E-state index >= 15 is 0 Å². The second-order valence-corrected chi connectivity index (χ2v) is 5.32. The first-order chi connectivity index (χ1) is 7.95. The van der Waals surface area contributed by atoms with Gasteiger partial charge in [-0.05, 0) is 6.92 Å². The Bertz CT molecular complexity index is 383. The number of nitrogens with zero attached hydrogens (tertiary/aromatic N) is 2. The molecular weight excluding hydrogens is 287 g/mol. The van der Waals surface area contributed by atoms with Gasteiger partial charge in [0.05, 0.1) is 12.7 Å². The summed E-state index contributed by atoms with van der Waals surface area (Å²) in [5.41, 5.74) is 0. The Morgan fingerprint density at radius 2 is 2.28 bits per heavy atom. The molecule has 1 aromatic heterocycles. The quantitative estimate of drug-likeness (QED) is 0.909. The van der Waals surface area contributed by atoms with Gasteiger partial charge in [-0.15, -0.1) is 23.7 Å². The van der Waals surface area contributed by atoms with Crippen LogP contribution >= 0.6 is 23.7 Å². The maximum atomic E-state index is 12.4. The molecule has 2 rings (SSSR count). The number of thiazole rings is 1. The van der Waals surface area contributed by atoms with Crippen molar-refractivity contribution >= 4 is 23.7 Å². The average Bonchev–Trinajstić information content (AvgIpc) is 2.65. The average molecular weight is 302 g/mol. The third-order valence-electron chi connectivity index (χ3n) is 2.64. The van der Waals surface area contributed by atoms with Gasteiger partial charge in [0, 0.05) is 25.7 Å². The van der Waals surface area contributed by atoms with Gasteiger partial charge in [-0.25, -0.2) is 4.98 Å². The van der Waals surface area contributed by atoms with Crippen molar-refractivity contribution in [3.63, 3.8) is 0 Å². The van der Waals surface area contributed by atoms with Crippen LogP contribution < -0.4 is 5.32 Å². The Hall–Kier alpha value is -0.370. The topological polar surface area (TPSA) is 28.2 Å². The van der Waals surface area contributed by atoms with Crippen molar-refractivity contribution in [2.75, 3.05) is 19.6 Å². The summed E-state index contributed by atoms with van der Waals surface area (Å²) >= 11 is 0.737. The van der Waals surface area contributed by atoms with Gasteiger partial charge in [-0.1, -0.05) is 0 Å². The molecule has 1 fully saturated rings. The van der Waals surface area contributed by atoms with Crippen LogP contribution in [0.4, 0.5) is 13.2 Å². The first-order valence-electron chi connectivity index (χ1n) is 5.43. The van der Waals surface area contributed by atoms with E-state index in [-0.39, 0.29) is 12.4 Å². The Morgan fingerprint density at radius 1 is 1.56 bits per heavy atom. The van der Waals surface area contributed by atoms with Gasteiger partial charge in [0.25, 0.3) is 0 Å². The number of hydrogen-bond acceptors (Lipinski definition) is 4. The molecule has 0 spiro atoms. The van der Waals surface area contributed by atoms with Crippen molar-refractivity contribution in [3.8, 4) is 0 Å². The highest BCUT2D eigenvalue weighted by Crippen LogP contribution is 2.33. The van der Waals surface area contributed by atoms with Crippen LogP contribution in [-0.2, 0) is 12.7 Å². The summed E-state index contributed by atoms with van der Waals surface area (Å²) in [7, 11) is 0. The third-order valence-corrected chi connectivity index (χ3v) is 3.67. The number of hydrogen-bond donors (Lipinski definition) is 1. The second-order valence-electron chi connectivity index (χ2n) is 4.21. The molecule has 0 saturated carbocycles. The van der Waals surface area contributed by atoms with E-state index in [1.165, 1.54) is 0 Å². The summed E-state index contributed by atoms with van der Waals surface area (Å²) in [4.78, 5) is 5.35. The second kappa shape index (κ2) is 6.18. The van der Waals surface area contributed by atoms with Gasteiger partial charge in [0.15, 0.2) is 0 Å². The van der Waals surface area contributed by atoms with Crippen LogP contribution in [0.1, 0.15) is 16.8 Å². The fraction of sp³-hybridized carbons (Fsp3) is 0.700. The molecule has 0 aliphatic carbocycles. The summed E-state index contributed by atoms with van der Waals surface area (Å²) < 4.78 is 37.2. The molecule has 0 radical (unpaired) electrons. The molecule has 1 N–H and O–H groups in total. The summed E-state index contributed by atoms with van der Waals surface area (Å²) in [6, 6.07) is 0.380. The third kappa shape index (κ3) is 4.08. The van der Waals surface area contributed by atoms with E-state index in [0.717, 1.165) is 37.2 Å². The molecular formula is C10H15ClF3N3S. The molecule has 3 nitrogen and oxygen atoms in total. The van der Waals surface area contributed by atoms with Crippen LogP contribution in [-0.4, -0.2) is 35.6 Å². The van der Waals surface area contributed by atoms with Crippen molar-refractivity contribution in [1.29, 1.82) is 0 Å². The number of nitrogens with one attached hydrogen (secondary N) is 1. The minimum atomic E-state index is -4.27. The van der Waals surface area contributed by atoms with Crippen LogP contribution in [0.25, 0.3) is 0 Å². The summed E-state index contributed by atoms with van der Waals surface area (Å²) in [6.07, 6.45) is -3.35. The molecule has 8 heteroatoms. The van der Waals surface area contributed by atoms with Gasteiger partial charge in [0.1, 0.15) is 9.88 Å². The minimum Gasteiger partial charge on any atom is -0.312 e. The van der Waals surface area contributed by atoms with Crippen LogP contribution in [0.3, 0.4) is 0 Å². The van der Waals surface area contributed by atoms with Crippen molar-refractivity contribution in [3.05, 3.63) is 16.1 Å². The van der Waals surface area contributed by atoms with E-state index < -0.39 is 11.1 Å². The first-order valence-corrected chi connectivity index (χ1v) is 6.24. The molecule has 0 aromatic carbocycles. The van der Waals surface area contributed by atoms with Gasteiger partial charge < -0.3 is 5.32 Å². The van der Waals surface area contributed by atoms with E-state index in [1.54, 1.807) is 0 Å². The van der Waals surface area contributed by atoms with E-state index in [0.29, 0.717) is 17.6 Å². The van der Waals surface area contributed by atoms with Gasteiger partial charge in [-0.3, -0.25) is 4.90 Å².